The number of aryl methyl sites for hydroxylation is 1. The van der Waals surface area contributed by atoms with Crippen LogP contribution in [0.2, 0.25) is 0 Å². The van der Waals surface area contributed by atoms with E-state index in [0.717, 1.165) is 19.5 Å². The third-order valence-corrected chi connectivity index (χ3v) is 4.81. The number of aromatic nitrogens is 3. The van der Waals surface area contributed by atoms with Gasteiger partial charge < -0.3 is 5.32 Å². The van der Waals surface area contributed by atoms with E-state index in [2.05, 4.69) is 22.3 Å². The van der Waals surface area contributed by atoms with Crippen LogP contribution in [-0.4, -0.2) is 27.4 Å². The number of rotatable bonds is 7. The van der Waals surface area contributed by atoms with Crippen LogP contribution in [0.5, 0.6) is 0 Å². The lowest BCUT2D eigenvalue weighted by Crippen LogP contribution is -2.46. The zero-order chi connectivity index (χ0) is 15.4. The van der Waals surface area contributed by atoms with Gasteiger partial charge in [0.15, 0.2) is 0 Å². The van der Waals surface area contributed by atoms with Crippen molar-refractivity contribution in [2.24, 2.45) is 0 Å². The molecule has 0 unspecified atom stereocenters. The van der Waals surface area contributed by atoms with Crippen molar-refractivity contribution in [2.75, 3.05) is 6.54 Å². The molecular weight excluding hydrogens is 279 g/mol. The Kier molecular flexibility index (Phi) is 4.52. The predicted molar refractivity (Wildman–Crippen MR) is 84.0 cm³/mol. The van der Waals surface area contributed by atoms with Crippen LogP contribution in [-0.2, 0) is 12.0 Å². The Morgan fingerprint density at radius 3 is 2.68 bits per heavy atom. The molecule has 1 saturated carbocycles. The molecule has 1 aromatic carbocycles. The highest BCUT2D eigenvalue weighted by atomic mass is 19.1. The molecule has 0 amide bonds. The third-order valence-electron chi connectivity index (χ3n) is 4.81. The molecule has 0 saturated heterocycles. The highest BCUT2D eigenvalue weighted by molar-refractivity contribution is 5.29. The smallest absolute Gasteiger partial charge is 0.137 e. The van der Waals surface area contributed by atoms with E-state index in [9.17, 15) is 4.39 Å². The summed E-state index contributed by atoms with van der Waals surface area (Å²) in [6, 6.07) is 7.45. The van der Waals surface area contributed by atoms with Gasteiger partial charge in [-0.1, -0.05) is 18.6 Å². The van der Waals surface area contributed by atoms with E-state index in [1.807, 2.05) is 16.8 Å². The van der Waals surface area contributed by atoms with Gasteiger partial charge in [0.25, 0.3) is 0 Å². The largest absolute Gasteiger partial charge is 0.313 e. The standard InChI is InChI=1S/C17H23FN4/c1-14(7-10-22-13-19-12-21-22)20-11-17(8-2-9-17)15-3-5-16(18)6-4-15/h3-6,12-14,20H,2,7-11H2,1H3/t14-/m0/s1. The van der Waals surface area contributed by atoms with Crippen LogP contribution in [0.4, 0.5) is 4.39 Å². The van der Waals surface area contributed by atoms with E-state index in [0.29, 0.717) is 6.04 Å². The molecule has 2 aromatic rings. The van der Waals surface area contributed by atoms with Crippen molar-refractivity contribution in [3.63, 3.8) is 0 Å². The first-order chi connectivity index (χ1) is 10.7. The quantitative estimate of drug-likeness (QED) is 0.855. The summed E-state index contributed by atoms with van der Waals surface area (Å²) in [6.45, 7) is 4.03. The highest BCUT2D eigenvalue weighted by Gasteiger charge is 2.38. The molecule has 1 aromatic heterocycles. The van der Waals surface area contributed by atoms with Crippen LogP contribution in [0.25, 0.3) is 0 Å². The van der Waals surface area contributed by atoms with Crippen molar-refractivity contribution in [1.82, 2.24) is 20.1 Å². The maximum atomic E-state index is 13.1. The lowest BCUT2D eigenvalue weighted by Gasteiger charge is -2.43. The Balaban J connectivity index is 1.53. The Morgan fingerprint density at radius 2 is 2.09 bits per heavy atom. The molecule has 1 aliphatic rings. The second kappa shape index (κ2) is 6.57. The minimum Gasteiger partial charge on any atom is -0.313 e. The van der Waals surface area contributed by atoms with E-state index in [4.69, 9.17) is 0 Å². The minimum absolute atomic E-state index is 0.160. The van der Waals surface area contributed by atoms with Crippen LogP contribution in [0.1, 0.15) is 38.2 Å². The molecule has 4 nitrogen and oxygen atoms in total. The Labute approximate surface area is 130 Å². The first kappa shape index (κ1) is 15.2. The molecule has 22 heavy (non-hydrogen) atoms. The van der Waals surface area contributed by atoms with Crippen molar-refractivity contribution in [1.29, 1.82) is 0 Å². The number of nitrogens with one attached hydrogen (secondary N) is 1. The van der Waals surface area contributed by atoms with Crippen LogP contribution in [0.3, 0.4) is 0 Å². The second-order valence-electron chi connectivity index (χ2n) is 6.37. The van der Waals surface area contributed by atoms with Crippen molar-refractivity contribution in [3.8, 4) is 0 Å². The molecule has 3 rings (SSSR count). The Morgan fingerprint density at radius 1 is 1.32 bits per heavy atom. The van der Waals surface area contributed by atoms with Gasteiger partial charge in [0.1, 0.15) is 18.5 Å². The molecule has 0 aliphatic heterocycles. The summed E-state index contributed by atoms with van der Waals surface area (Å²) < 4.78 is 15.0. The zero-order valence-electron chi connectivity index (χ0n) is 13.0. The molecule has 1 atom stereocenters. The normalized spacial score (nSPS) is 17.9. The summed E-state index contributed by atoms with van der Waals surface area (Å²) in [4.78, 5) is 3.96. The SMILES string of the molecule is C[C@@H](CCn1cncn1)NCC1(c2ccc(F)cc2)CCC1. The number of hydrogen-bond acceptors (Lipinski definition) is 3. The summed E-state index contributed by atoms with van der Waals surface area (Å²) in [5, 5.41) is 7.77. The van der Waals surface area contributed by atoms with E-state index in [1.54, 1.807) is 24.8 Å². The topological polar surface area (TPSA) is 42.7 Å². The first-order valence-electron chi connectivity index (χ1n) is 8.00. The van der Waals surface area contributed by atoms with E-state index >= 15 is 0 Å². The van der Waals surface area contributed by atoms with Gasteiger partial charge >= 0.3 is 0 Å². The second-order valence-corrected chi connectivity index (χ2v) is 6.37. The van der Waals surface area contributed by atoms with Crippen molar-refractivity contribution < 1.29 is 4.39 Å². The van der Waals surface area contributed by atoms with Crippen LogP contribution in [0, 0.1) is 5.82 Å². The summed E-state index contributed by atoms with van der Waals surface area (Å²) >= 11 is 0. The number of nitrogens with zero attached hydrogens (tertiary/aromatic N) is 3. The lowest BCUT2D eigenvalue weighted by molar-refractivity contribution is 0.224. The van der Waals surface area contributed by atoms with E-state index in [-0.39, 0.29) is 11.2 Å². The molecular formula is C17H23FN4. The predicted octanol–water partition coefficient (Wildman–Crippen LogP) is 2.91. The number of hydrogen-bond donors (Lipinski definition) is 1. The Hall–Kier alpha value is -1.75. The van der Waals surface area contributed by atoms with Gasteiger partial charge in [-0.15, -0.1) is 0 Å². The van der Waals surface area contributed by atoms with Gasteiger partial charge in [0, 0.05) is 24.5 Å². The molecule has 1 aliphatic carbocycles. The van der Waals surface area contributed by atoms with Crippen molar-refractivity contribution in [3.05, 3.63) is 48.3 Å². The monoisotopic (exact) mass is 302 g/mol. The average Bonchev–Trinajstić information content (AvgIpc) is 2.99. The summed E-state index contributed by atoms with van der Waals surface area (Å²) in [6.07, 6.45) is 7.95. The maximum Gasteiger partial charge on any atom is 0.137 e. The molecule has 1 N–H and O–H groups in total. The van der Waals surface area contributed by atoms with Crippen LogP contribution < -0.4 is 5.32 Å². The van der Waals surface area contributed by atoms with Gasteiger partial charge in [-0.2, -0.15) is 5.10 Å². The highest BCUT2D eigenvalue weighted by Crippen LogP contribution is 2.43. The fraction of sp³-hybridized carbons (Fsp3) is 0.529. The number of benzene rings is 1. The molecule has 0 spiro atoms. The van der Waals surface area contributed by atoms with Gasteiger partial charge in [0.05, 0.1) is 0 Å². The molecule has 118 valence electrons. The third kappa shape index (κ3) is 3.35. The van der Waals surface area contributed by atoms with E-state index in [1.165, 1.54) is 24.8 Å². The Bertz CT molecular complexity index is 575. The van der Waals surface area contributed by atoms with Crippen molar-refractivity contribution in [2.45, 2.75) is 50.6 Å². The fourth-order valence-electron chi connectivity index (χ4n) is 3.12. The van der Waals surface area contributed by atoms with Gasteiger partial charge in [-0.05, 0) is 43.9 Å². The zero-order valence-corrected chi connectivity index (χ0v) is 13.0. The molecule has 1 heterocycles. The molecule has 0 bridgehead atoms. The van der Waals surface area contributed by atoms with Crippen LogP contribution in [0.15, 0.2) is 36.9 Å². The number of halogens is 1. The minimum atomic E-state index is -0.160. The summed E-state index contributed by atoms with van der Waals surface area (Å²) in [5.41, 5.74) is 1.45. The molecule has 1 fully saturated rings. The molecule has 5 heteroatoms. The summed E-state index contributed by atoms with van der Waals surface area (Å²) in [5.74, 6) is -0.160. The fourth-order valence-corrected chi connectivity index (χ4v) is 3.12. The van der Waals surface area contributed by atoms with Crippen LogP contribution >= 0.6 is 0 Å². The molecule has 0 radical (unpaired) electrons. The van der Waals surface area contributed by atoms with Gasteiger partial charge in [-0.3, -0.25) is 4.68 Å². The summed E-state index contributed by atoms with van der Waals surface area (Å²) in [7, 11) is 0. The van der Waals surface area contributed by atoms with E-state index < -0.39 is 0 Å². The average molecular weight is 302 g/mol. The first-order valence-corrected chi connectivity index (χ1v) is 8.00. The lowest BCUT2D eigenvalue weighted by atomic mass is 9.64. The van der Waals surface area contributed by atoms with Gasteiger partial charge in [-0.25, -0.2) is 9.37 Å². The maximum absolute atomic E-state index is 13.1. The van der Waals surface area contributed by atoms with Crippen molar-refractivity contribution >= 4 is 0 Å². The van der Waals surface area contributed by atoms with Gasteiger partial charge in [0.2, 0.25) is 0 Å².